The highest BCUT2D eigenvalue weighted by atomic mass is 79.9. The van der Waals surface area contributed by atoms with Crippen LogP contribution in [0.25, 0.3) is 21.9 Å². The van der Waals surface area contributed by atoms with Crippen molar-refractivity contribution in [2.24, 2.45) is 5.10 Å². The summed E-state index contributed by atoms with van der Waals surface area (Å²) in [5.74, 6) is 0. The number of halogens is 1. The Bertz CT molecular complexity index is 1100. The lowest BCUT2D eigenvalue weighted by atomic mass is 10.2. The molecule has 1 aromatic carbocycles. The second kappa shape index (κ2) is 5.44. The van der Waals surface area contributed by atoms with E-state index in [2.05, 4.69) is 36.0 Å². The van der Waals surface area contributed by atoms with E-state index in [9.17, 15) is 4.79 Å². The number of pyridine rings is 1. The Morgan fingerprint density at radius 3 is 2.87 bits per heavy atom. The number of nitrogens with zero attached hydrogens (tertiary/aromatic N) is 4. The Morgan fingerprint density at radius 1 is 1.22 bits per heavy atom. The molecule has 0 saturated carbocycles. The fraction of sp³-hybridized carbons (Fsp3) is 0. The summed E-state index contributed by atoms with van der Waals surface area (Å²) >= 11 is 3.43. The highest BCUT2D eigenvalue weighted by Crippen LogP contribution is 2.24. The second-order valence-corrected chi connectivity index (χ2v) is 5.87. The van der Waals surface area contributed by atoms with E-state index in [-0.39, 0.29) is 5.56 Å². The zero-order valence-electron chi connectivity index (χ0n) is 11.8. The largest absolute Gasteiger partial charge is 0.349 e. The molecular weight excluding hydrogens is 358 g/mol. The Kier molecular flexibility index (Phi) is 3.27. The van der Waals surface area contributed by atoms with Gasteiger partial charge in [0.1, 0.15) is 17.4 Å². The van der Waals surface area contributed by atoms with Crippen molar-refractivity contribution in [2.45, 2.75) is 0 Å². The molecule has 0 radical (unpaired) electrons. The minimum Gasteiger partial charge on any atom is -0.349 e. The molecule has 0 aliphatic rings. The second-order valence-electron chi connectivity index (χ2n) is 4.96. The summed E-state index contributed by atoms with van der Waals surface area (Å²) < 4.78 is 2.15. The standard InChI is InChI=1S/C16H10BrN5O/c17-11-1-2-13-12(7-11)14-15(21-13)16(23)22(9-19-14)20-8-10-3-5-18-6-4-10/h1-9,21H/b20-8-. The van der Waals surface area contributed by atoms with E-state index in [1.165, 1.54) is 11.0 Å². The predicted octanol–water partition coefficient (Wildman–Crippen LogP) is 2.92. The average molecular weight is 368 g/mol. The van der Waals surface area contributed by atoms with E-state index >= 15 is 0 Å². The van der Waals surface area contributed by atoms with E-state index in [1.54, 1.807) is 30.7 Å². The van der Waals surface area contributed by atoms with Crippen molar-refractivity contribution in [3.63, 3.8) is 0 Å². The van der Waals surface area contributed by atoms with Gasteiger partial charge >= 0.3 is 0 Å². The van der Waals surface area contributed by atoms with Crippen LogP contribution in [-0.4, -0.2) is 25.8 Å². The summed E-state index contributed by atoms with van der Waals surface area (Å²) in [7, 11) is 0. The molecule has 0 amide bonds. The monoisotopic (exact) mass is 367 g/mol. The van der Waals surface area contributed by atoms with Gasteiger partial charge in [-0.1, -0.05) is 15.9 Å². The van der Waals surface area contributed by atoms with Crippen molar-refractivity contribution in [1.82, 2.24) is 19.6 Å². The molecule has 1 N–H and O–H groups in total. The number of aromatic amines is 1. The molecular formula is C16H10BrN5O. The first kappa shape index (κ1) is 13.8. The Labute approximate surface area is 138 Å². The first-order chi connectivity index (χ1) is 11.2. The third kappa shape index (κ3) is 2.44. The average Bonchev–Trinajstić information content (AvgIpc) is 2.94. The lowest BCUT2D eigenvalue weighted by molar-refractivity contribution is 0.815. The van der Waals surface area contributed by atoms with Crippen LogP contribution >= 0.6 is 15.9 Å². The molecule has 23 heavy (non-hydrogen) atoms. The number of benzene rings is 1. The summed E-state index contributed by atoms with van der Waals surface area (Å²) in [5.41, 5.74) is 2.55. The van der Waals surface area contributed by atoms with Gasteiger partial charge in [-0.05, 0) is 35.9 Å². The van der Waals surface area contributed by atoms with Gasteiger partial charge in [0, 0.05) is 27.8 Å². The number of aromatic nitrogens is 4. The van der Waals surface area contributed by atoms with Crippen molar-refractivity contribution in [1.29, 1.82) is 0 Å². The summed E-state index contributed by atoms with van der Waals surface area (Å²) in [4.78, 5) is 24.0. The predicted molar refractivity (Wildman–Crippen MR) is 92.8 cm³/mol. The Hall–Kier alpha value is -2.80. The number of H-pyrrole nitrogens is 1. The van der Waals surface area contributed by atoms with Gasteiger partial charge in [-0.25, -0.2) is 4.98 Å². The molecule has 0 unspecified atom stereocenters. The zero-order chi connectivity index (χ0) is 15.8. The van der Waals surface area contributed by atoms with Crippen LogP contribution in [0.5, 0.6) is 0 Å². The minimum atomic E-state index is -0.243. The van der Waals surface area contributed by atoms with Crippen LogP contribution in [0.3, 0.4) is 0 Å². The summed E-state index contributed by atoms with van der Waals surface area (Å²) in [5, 5.41) is 5.07. The minimum absolute atomic E-state index is 0.243. The maximum atomic E-state index is 12.6. The lowest BCUT2D eigenvalue weighted by Gasteiger charge is -1.97. The molecule has 0 aliphatic carbocycles. The van der Waals surface area contributed by atoms with E-state index in [1.807, 2.05) is 18.2 Å². The molecule has 0 fully saturated rings. The van der Waals surface area contributed by atoms with Crippen molar-refractivity contribution >= 4 is 44.1 Å². The van der Waals surface area contributed by atoms with Gasteiger partial charge in [0.2, 0.25) is 0 Å². The van der Waals surface area contributed by atoms with Gasteiger partial charge in [0.25, 0.3) is 5.56 Å². The van der Waals surface area contributed by atoms with Crippen LogP contribution in [0.4, 0.5) is 0 Å². The first-order valence-corrected chi connectivity index (χ1v) is 7.65. The molecule has 3 heterocycles. The third-order valence-corrected chi connectivity index (χ3v) is 3.98. The van der Waals surface area contributed by atoms with E-state index in [4.69, 9.17) is 0 Å². The SMILES string of the molecule is O=c1c2[nH]c3ccc(Br)cc3c2ncn1/N=C\c1ccncc1. The van der Waals surface area contributed by atoms with Crippen molar-refractivity contribution in [3.05, 3.63) is 69.4 Å². The fourth-order valence-electron chi connectivity index (χ4n) is 2.38. The number of nitrogens with one attached hydrogen (secondary N) is 1. The first-order valence-electron chi connectivity index (χ1n) is 6.85. The van der Waals surface area contributed by atoms with Crippen LogP contribution in [0.1, 0.15) is 5.56 Å². The van der Waals surface area contributed by atoms with Crippen LogP contribution in [0.2, 0.25) is 0 Å². The molecule has 3 aromatic heterocycles. The molecule has 112 valence electrons. The van der Waals surface area contributed by atoms with Crippen molar-refractivity contribution in [3.8, 4) is 0 Å². The Balaban J connectivity index is 1.87. The third-order valence-electron chi connectivity index (χ3n) is 3.49. The molecule has 4 aromatic rings. The van der Waals surface area contributed by atoms with Gasteiger partial charge in [-0.15, -0.1) is 0 Å². The van der Waals surface area contributed by atoms with Crippen LogP contribution in [0, 0.1) is 0 Å². The molecule has 6 nitrogen and oxygen atoms in total. The topological polar surface area (TPSA) is 75.9 Å². The highest BCUT2D eigenvalue weighted by Gasteiger charge is 2.10. The van der Waals surface area contributed by atoms with Crippen LogP contribution in [-0.2, 0) is 0 Å². The van der Waals surface area contributed by atoms with Gasteiger partial charge in [0.05, 0.1) is 6.21 Å². The van der Waals surface area contributed by atoms with Crippen molar-refractivity contribution < 1.29 is 0 Å². The maximum Gasteiger partial charge on any atom is 0.298 e. The van der Waals surface area contributed by atoms with Gasteiger partial charge in [0.15, 0.2) is 0 Å². The van der Waals surface area contributed by atoms with E-state index in [0.717, 1.165) is 20.9 Å². The molecule has 0 saturated heterocycles. The zero-order valence-corrected chi connectivity index (χ0v) is 13.4. The number of hydrogen-bond donors (Lipinski definition) is 1. The van der Waals surface area contributed by atoms with Crippen LogP contribution < -0.4 is 5.56 Å². The fourth-order valence-corrected chi connectivity index (χ4v) is 2.74. The summed E-state index contributed by atoms with van der Waals surface area (Å²) in [6, 6.07) is 9.37. The maximum absolute atomic E-state index is 12.6. The van der Waals surface area contributed by atoms with Crippen molar-refractivity contribution in [2.75, 3.05) is 0 Å². The molecule has 0 bridgehead atoms. The Morgan fingerprint density at radius 2 is 2.04 bits per heavy atom. The smallest absolute Gasteiger partial charge is 0.298 e. The van der Waals surface area contributed by atoms with E-state index < -0.39 is 0 Å². The van der Waals surface area contributed by atoms with Gasteiger partial charge < -0.3 is 4.98 Å². The molecule has 4 rings (SSSR count). The number of rotatable bonds is 2. The summed E-state index contributed by atoms with van der Waals surface area (Å²) in [6.45, 7) is 0. The lowest BCUT2D eigenvalue weighted by Crippen LogP contribution is -2.17. The molecule has 0 aliphatic heterocycles. The quantitative estimate of drug-likeness (QED) is 0.553. The normalized spacial score (nSPS) is 11.7. The highest BCUT2D eigenvalue weighted by molar-refractivity contribution is 9.10. The summed E-state index contributed by atoms with van der Waals surface area (Å²) in [6.07, 6.45) is 6.36. The number of hydrogen-bond acceptors (Lipinski definition) is 4. The molecule has 7 heteroatoms. The van der Waals surface area contributed by atoms with Gasteiger partial charge in [-0.2, -0.15) is 9.78 Å². The molecule has 0 spiro atoms. The van der Waals surface area contributed by atoms with Gasteiger partial charge in [-0.3, -0.25) is 9.78 Å². The molecule has 0 atom stereocenters. The van der Waals surface area contributed by atoms with Crippen LogP contribution in [0.15, 0.2) is 63.4 Å². The van der Waals surface area contributed by atoms with E-state index in [0.29, 0.717) is 11.0 Å². The number of fused-ring (bicyclic) bond motifs is 3.